The van der Waals surface area contributed by atoms with Crippen molar-refractivity contribution < 1.29 is 18.7 Å². The molecular formula is C32H36ClFN6O3. The highest BCUT2D eigenvalue weighted by molar-refractivity contribution is 6.31. The van der Waals surface area contributed by atoms with Crippen LogP contribution in [0.25, 0.3) is 0 Å². The van der Waals surface area contributed by atoms with Crippen LogP contribution in [0.2, 0.25) is 5.02 Å². The Morgan fingerprint density at radius 1 is 1.23 bits per heavy atom. The number of aromatic nitrogens is 2. The lowest BCUT2D eigenvalue weighted by Crippen LogP contribution is -2.55. The summed E-state index contributed by atoms with van der Waals surface area (Å²) in [4.78, 5) is 28.4. The minimum Gasteiger partial charge on any atom is -0.462 e. The number of piperazine rings is 1. The topological polar surface area (TPSA) is 94.8 Å². The van der Waals surface area contributed by atoms with Crippen LogP contribution in [0.3, 0.4) is 0 Å². The van der Waals surface area contributed by atoms with Gasteiger partial charge in [-0.3, -0.25) is 9.69 Å². The first-order valence-electron chi connectivity index (χ1n) is 15.3. The number of fused-ring (bicyclic) bond motifs is 5. The molecule has 4 atom stereocenters. The number of benzene rings is 1. The van der Waals surface area contributed by atoms with E-state index in [1.165, 1.54) is 16.0 Å². The van der Waals surface area contributed by atoms with E-state index in [0.717, 1.165) is 80.3 Å². The van der Waals surface area contributed by atoms with Gasteiger partial charge >= 0.3 is 6.01 Å². The Hall–Kier alpha value is -3.26. The molecule has 1 aromatic carbocycles. The van der Waals surface area contributed by atoms with Gasteiger partial charge in [0.1, 0.15) is 12.4 Å². The Morgan fingerprint density at radius 3 is 2.81 bits per heavy atom. The van der Waals surface area contributed by atoms with Crippen molar-refractivity contribution in [3.8, 4) is 12.1 Å². The van der Waals surface area contributed by atoms with E-state index in [-0.39, 0.29) is 18.4 Å². The molecule has 43 heavy (non-hydrogen) atoms. The van der Waals surface area contributed by atoms with Crippen molar-refractivity contribution in [1.82, 2.24) is 19.8 Å². The van der Waals surface area contributed by atoms with Gasteiger partial charge in [0.25, 0.3) is 5.91 Å². The molecule has 0 saturated carbocycles. The lowest BCUT2D eigenvalue weighted by molar-refractivity contribution is -0.131. The SMILES string of the molecule is C=C(F)C(=O)N1CCN(c2nc(OCCN3C[C@@H]4C[C@H]3CO4)nc3c2CC[C@@]2(CCc4c(Cl)cccc42)C3)C[C@@H]1CC#N. The van der Waals surface area contributed by atoms with Crippen molar-refractivity contribution in [1.29, 1.82) is 5.26 Å². The van der Waals surface area contributed by atoms with Gasteiger partial charge in [-0.1, -0.05) is 30.3 Å². The van der Waals surface area contributed by atoms with Crippen molar-refractivity contribution in [2.75, 3.05) is 50.8 Å². The lowest BCUT2D eigenvalue weighted by atomic mass is 9.69. The summed E-state index contributed by atoms with van der Waals surface area (Å²) in [6, 6.07) is 8.73. The molecule has 5 aliphatic rings. The van der Waals surface area contributed by atoms with Crippen LogP contribution in [0.5, 0.6) is 6.01 Å². The van der Waals surface area contributed by atoms with E-state index in [2.05, 4.69) is 28.5 Å². The average molecular weight is 607 g/mol. The van der Waals surface area contributed by atoms with E-state index >= 15 is 0 Å². The third-order valence-electron chi connectivity index (χ3n) is 10.2. The van der Waals surface area contributed by atoms with Crippen molar-refractivity contribution in [2.24, 2.45) is 0 Å². The van der Waals surface area contributed by atoms with Gasteiger partial charge in [0.15, 0.2) is 5.83 Å². The minimum absolute atomic E-state index is 0.0269. The number of rotatable bonds is 7. The fourth-order valence-corrected chi connectivity index (χ4v) is 8.28. The fourth-order valence-electron chi connectivity index (χ4n) is 8.01. The van der Waals surface area contributed by atoms with Crippen LogP contribution in [0, 0.1) is 11.3 Å². The number of ether oxygens (including phenoxy) is 2. The van der Waals surface area contributed by atoms with E-state index in [9.17, 15) is 14.4 Å². The Bertz CT molecular complexity index is 1500. The largest absolute Gasteiger partial charge is 0.462 e. The Morgan fingerprint density at radius 2 is 2.07 bits per heavy atom. The molecular weight excluding hydrogens is 571 g/mol. The molecule has 2 bridgehead atoms. The number of nitrogens with zero attached hydrogens (tertiary/aromatic N) is 6. The molecule has 9 nitrogen and oxygen atoms in total. The van der Waals surface area contributed by atoms with Crippen molar-refractivity contribution in [3.05, 3.63) is 58.0 Å². The van der Waals surface area contributed by atoms with Gasteiger partial charge in [0.05, 0.1) is 36.9 Å². The maximum absolute atomic E-state index is 13.8. The molecule has 0 N–H and O–H groups in total. The molecule has 4 heterocycles. The van der Waals surface area contributed by atoms with E-state index in [4.69, 9.17) is 31.0 Å². The molecule has 226 valence electrons. The second-order valence-corrected chi connectivity index (χ2v) is 12.9. The molecule has 1 spiro atoms. The molecule has 0 unspecified atom stereocenters. The van der Waals surface area contributed by atoms with Gasteiger partial charge in [-0.25, -0.2) is 4.39 Å². The number of hydrogen-bond acceptors (Lipinski definition) is 8. The molecule has 0 radical (unpaired) electrons. The molecule has 3 aliphatic heterocycles. The highest BCUT2D eigenvalue weighted by atomic mass is 35.5. The summed E-state index contributed by atoms with van der Waals surface area (Å²) in [5.41, 5.74) is 4.62. The van der Waals surface area contributed by atoms with Gasteiger partial charge in [-0.05, 0) is 55.7 Å². The molecule has 7 rings (SSSR count). The zero-order chi connectivity index (χ0) is 29.7. The summed E-state index contributed by atoms with van der Waals surface area (Å²) in [7, 11) is 0. The van der Waals surface area contributed by atoms with Crippen LogP contribution >= 0.6 is 11.6 Å². The first-order chi connectivity index (χ1) is 20.8. The van der Waals surface area contributed by atoms with Crippen LogP contribution in [0.4, 0.5) is 10.2 Å². The van der Waals surface area contributed by atoms with Crippen molar-refractivity contribution >= 4 is 23.3 Å². The van der Waals surface area contributed by atoms with Gasteiger partial charge in [-0.2, -0.15) is 15.2 Å². The molecule has 1 aromatic heterocycles. The molecule has 3 fully saturated rings. The van der Waals surface area contributed by atoms with Gasteiger partial charge < -0.3 is 19.3 Å². The smallest absolute Gasteiger partial charge is 0.318 e. The van der Waals surface area contributed by atoms with Crippen molar-refractivity contribution in [3.63, 3.8) is 0 Å². The summed E-state index contributed by atoms with van der Waals surface area (Å²) < 4.78 is 25.8. The summed E-state index contributed by atoms with van der Waals surface area (Å²) in [6.07, 6.45) is 6.03. The third kappa shape index (κ3) is 5.15. The first kappa shape index (κ1) is 28.5. The molecule has 11 heteroatoms. The number of halogens is 2. The second-order valence-electron chi connectivity index (χ2n) is 12.5. The van der Waals surface area contributed by atoms with E-state index in [1.807, 2.05) is 12.1 Å². The highest BCUT2D eigenvalue weighted by Crippen LogP contribution is 2.50. The normalized spacial score (nSPS) is 27.7. The number of carbonyl (C=O) groups excluding carboxylic acids is 1. The molecule has 2 aromatic rings. The molecule has 1 amide bonds. The average Bonchev–Trinajstić information content (AvgIpc) is 3.72. The number of carbonyl (C=O) groups is 1. The van der Waals surface area contributed by atoms with Crippen LogP contribution in [0.15, 0.2) is 30.6 Å². The predicted octanol–water partition coefficient (Wildman–Crippen LogP) is 3.77. The number of morpholine rings is 1. The van der Waals surface area contributed by atoms with Gasteiger partial charge in [0.2, 0.25) is 0 Å². The molecule has 3 saturated heterocycles. The van der Waals surface area contributed by atoms with Crippen LogP contribution in [0.1, 0.15) is 48.1 Å². The number of likely N-dealkylation sites (tertiary alicyclic amines) is 1. The standard InChI is InChI=1S/C32H36ClFN6O3/c1-20(34)30(41)40-12-11-39(17-21(40)7-10-35)29-25-6-9-32(8-5-24-26(32)3-2-4-27(24)33)16-28(25)36-31(37-29)42-14-13-38-18-23-15-22(38)19-43-23/h2-4,21-23H,1,5-9,11-19H2/t21-,22-,23-,32-/m0/s1. The summed E-state index contributed by atoms with van der Waals surface area (Å²) in [5, 5.41) is 10.3. The van der Waals surface area contributed by atoms with Crippen LogP contribution in [-0.2, 0) is 34.2 Å². The van der Waals surface area contributed by atoms with Gasteiger partial charge in [0, 0.05) is 54.8 Å². The lowest BCUT2D eigenvalue weighted by Gasteiger charge is -2.42. The van der Waals surface area contributed by atoms with Crippen LogP contribution < -0.4 is 9.64 Å². The predicted molar refractivity (Wildman–Crippen MR) is 159 cm³/mol. The van der Waals surface area contributed by atoms with E-state index < -0.39 is 17.8 Å². The minimum atomic E-state index is -1.01. The Kier molecular flexibility index (Phi) is 7.52. The number of hydrogen-bond donors (Lipinski definition) is 0. The number of anilines is 1. The first-order valence-corrected chi connectivity index (χ1v) is 15.7. The van der Waals surface area contributed by atoms with Gasteiger partial charge in [-0.15, -0.1) is 0 Å². The summed E-state index contributed by atoms with van der Waals surface area (Å²) >= 11 is 6.61. The number of amides is 1. The fraction of sp³-hybridized carbons (Fsp3) is 0.562. The maximum Gasteiger partial charge on any atom is 0.318 e. The second kappa shape index (κ2) is 11.3. The third-order valence-corrected chi connectivity index (χ3v) is 10.5. The zero-order valence-corrected chi connectivity index (χ0v) is 25.0. The summed E-state index contributed by atoms with van der Waals surface area (Å²) in [5.74, 6) is -0.969. The Balaban J connectivity index is 1.18. The quantitative estimate of drug-likeness (QED) is 0.440. The van der Waals surface area contributed by atoms with Crippen molar-refractivity contribution in [2.45, 2.75) is 68.5 Å². The Labute approximate surface area is 256 Å². The van der Waals surface area contributed by atoms with E-state index in [1.54, 1.807) is 0 Å². The van der Waals surface area contributed by atoms with Crippen LogP contribution in [-0.4, -0.2) is 89.8 Å². The monoisotopic (exact) mass is 606 g/mol. The highest BCUT2D eigenvalue weighted by Gasteiger charge is 2.44. The molecule has 2 aliphatic carbocycles. The maximum atomic E-state index is 13.8. The number of nitriles is 1. The zero-order valence-electron chi connectivity index (χ0n) is 24.2. The summed E-state index contributed by atoms with van der Waals surface area (Å²) in [6.45, 7) is 7.28. The van der Waals surface area contributed by atoms with E-state index in [0.29, 0.717) is 37.9 Å².